The Labute approximate surface area is 131 Å². The van der Waals surface area contributed by atoms with Gasteiger partial charge in [0.25, 0.3) is 5.69 Å². The Morgan fingerprint density at radius 2 is 1.86 bits per heavy atom. The van der Waals surface area contributed by atoms with Crippen LogP contribution in [0.1, 0.15) is 24.3 Å². The van der Waals surface area contributed by atoms with Crippen LogP contribution in [-0.4, -0.2) is 11.0 Å². The molecule has 0 radical (unpaired) electrons. The molecule has 2 aromatic rings. The highest BCUT2D eigenvalue weighted by Crippen LogP contribution is 2.39. The summed E-state index contributed by atoms with van der Waals surface area (Å²) >= 11 is 3.44. The van der Waals surface area contributed by atoms with Crippen molar-refractivity contribution in [3.05, 3.63) is 68.7 Å². The molecule has 108 valence electrons. The number of hydrogen-bond donors (Lipinski definition) is 1. The van der Waals surface area contributed by atoms with E-state index in [0.29, 0.717) is 12.0 Å². The summed E-state index contributed by atoms with van der Waals surface area (Å²) < 4.78 is 0.858. The van der Waals surface area contributed by atoms with Crippen molar-refractivity contribution >= 4 is 27.3 Å². The number of nitrogens with one attached hydrogen (secondary N) is 1. The van der Waals surface area contributed by atoms with Gasteiger partial charge in [-0.2, -0.15) is 0 Å². The van der Waals surface area contributed by atoms with Crippen LogP contribution in [-0.2, 0) is 0 Å². The fourth-order valence-corrected chi connectivity index (χ4v) is 3.05. The Balaban J connectivity index is 1.64. The van der Waals surface area contributed by atoms with E-state index in [2.05, 4.69) is 45.5 Å². The first-order valence-corrected chi connectivity index (χ1v) is 7.68. The topological polar surface area (TPSA) is 55.2 Å². The molecule has 0 amide bonds. The summed E-state index contributed by atoms with van der Waals surface area (Å²) in [4.78, 5) is 10.5. The zero-order valence-electron chi connectivity index (χ0n) is 11.3. The van der Waals surface area contributed by atoms with E-state index >= 15 is 0 Å². The number of hydrogen-bond acceptors (Lipinski definition) is 3. The molecule has 0 saturated heterocycles. The first kappa shape index (κ1) is 14.1. The summed E-state index contributed by atoms with van der Waals surface area (Å²) in [5.41, 5.74) is 2.27. The Bertz CT molecular complexity index is 655. The van der Waals surface area contributed by atoms with Crippen LogP contribution in [0.5, 0.6) is 0 Å². The number of nitro groups is 1. The van der Waals surface area contributed by atoms with Crippen LogP contribution in [0.2, 0.25) is 0 Å². The molecule has 2 aromatic carbocycles. The summed E-state index contributed by atoms with van der Waals surface area (Å²) in [6.45, 7) is 0. The maximum Gasteiger partial charge on any atom is 0.271 e. The average Bonchev–Trinajstić information content (AvgIpc) is 2.44. The van der Waals surface area contributed by atoms with E-state index in [0.717, 1.165) is 23.0 Å². The number of benzene rings is 2. The molecular weight excluding hydrogens is 332 g/mol. The fourth-order valence-electron chi connectivity index (χ4n) is 2.69. The van der Waals surface area contributed by atoms with Crippen LogP contribution < -0.4 is 5.32 Å². The minimum atomic E-state index is -0.370. The highest BCUT2D eigenvalue weighted by atomic mass is 79.9. The molecule has 1 fully saturated rings. The molecule has 0 atom stereocenters. The maximum atomic E-state index is 10.8. The number of halogens is 1. The summed E-state index contributed by atoms with van der Waals surface area (Å²) in [5.74, 6) is 0.584. The molecule has 0 heterocycles. The molecule has 1 aliphatic carbocycles. The second-order valence-electron chi connectivity index (χ2n) is 5.34. The molecule has 0 aliphatic heterocycles. The van der Waals surface area contributed by atoms with Gasteiger partial charge in [0, 0.05) is 22.6 Å². The largest absolute Gasteiger partial charge is 0.381 e. The molecular formula is C16H15BrN2O2. The molecule has 0 unspecified atom stereocenters. The smallest absolute Gasteiger partial charge is 0.271 e. The molecule has 3 rings (SSSR count). The second-order valence-corrected chi connectivity index (χ2v) is 6.20. The van der Waals surface area contributed by atoms with Gasteiger partial charge >= 0.3 is 0 Å². The molecule has 1 N–H and O–H groups in total. The van der Waals surface area contributed by atoms with Crippen LogP contribution in [0.15, 0.2) is 53.0 Å². The maximum absolute atomic E-state index is 10.8. The normalized spacial score (nSPS) is 20.6. The van der Waals surface area contributed by atoms with Crippen LogP contribution >= 0.6 is 15.9 Å². The number of rotatable bonds is 4. The first-order valence-electron chi connectivity index (χ1n) is 6.89. The van der Waals surface area contributed by atoms with Crippen molar-refractivity contribution in [2.24, 2.45) is 0 Å². The highest BCUT2D eigenvalue weighted by Gasteiger charge is 2.30. The lowest BCUT2D eigenvalue weighted by atomic mass is 9.76. The van der Waals surface area contributed by atoms with Gasteiger partial charge in [0.2, 0.25) is 0 Å². The number of anilines is 1. The van der Waals surface area contributed by atoms with Gasteiger partial charge in [0.05, 0.1) is 10.6 Å². The first-order chi connectivity index (χ1) is 10.1. The van der Waals surface area contributed by atoms with Crippen molar-refractivity contribution < 1.29 is 4.92 Å². The van der Waals surface area contributed by atoms with Crippen molar-refractivity contribution in [2.45, 2.75) is 24.8 Å². The summed E-state index contributed by atoms with van der Waals surface area (Å²) in [6, 6.07) is 15.6. The van der Waals surface area contributed by atoms with Gasteiger partial charge in [0.1, 0.15) is 0 Å². The molecule has 0 spiro atoms. The van der Waals surface area contributed by atoms with Crippen molar-refractivity contribution in [3.63, 3.8) is 0 Å². The van der Waals surface area contributed by atoms with Crippen LogP contribution in [0.4, 0.5) is 11.4 Å². The number of nitrogens with zero attached hydrogens (tertiary/aromatic N) is 1. The van der Waals surface area contributed by atoms with Gasteiger partial charge in [-0.05, 0) is 46.3 Å². The monoisotopic (exact) mass is 346 g/mol. The third-order valence-electron chi connectivity index (χ3n) is 3.93. The van der Waals surface area contributed by atoms with Crippen LogP contribution in [0.3, 0.4) is 0 Å². The fraction of sp³-hybridized carbons (Fsp3) is 0.250. The Morgan fingerprint density at radius 3 is 2.52 bits per heavy atom. The molecule has 0 aromatic heterocycles. The lowest BCUT2D eigenvalue weighted by Gasteiger charge is -2.37. The molecule has 5 heteroatoms. The van der Waals surface area contributed by atoms with Crippen LogP contribution in [0.25, 0.3) is 0 Å². The van der Waals surface area contributed by atoms with E-state index in [-0.39, 0.29) is 10.6 Å². The quantitative estimate of drug-likeness (QED) is 0.643. The van der Waals surface area contributed by atoms with E-state index in [1.807, 2.05) is 6.07 Å². The third-order valence-corrected chi connectivity index (χ3v) is 4.62. The molecule has 21 heavy (non-hydrogen) atoms. The van der Waals surface area contributed by atoms with Gasteiger partial charge in [0.15, 0.2) is 0 Å². The van der Waals surface area contributed by atoms with Crippen molar-refractivity contribution in [1.82, 2.24) is 0 Å². The Kier molecular flexibility index (Phi) is 3.92. The van der Waals surface area contributed by atoms with Gasteiger partial charge in [-0.25, -0.2) is 0 Å². The van der Waals surface area contributed by atoms with Gasteiger partial charge in [-0.1, -0.05) is 30.3 Å². The lowest BCUT2D eigenvalue weighted by Crippen LogP contribution is -2.34. The lowest BCUT2D eigenvalue weighted by molar-refractivity contribution is -0.384. The Morgan fingerprint density at radius 1 is 1.14 bits per heavy atom. The van der Waals surface area contributed by atoms with E-state index in [4.69, 9.17) is 0 Å². The van der Waals surface area contributed by atoms with Crippen LogP contribution in [0, 0.1) is 10.1 Å². The van der Waals surface area contributed by atoms with Crippen molar-refractivity contribution in [3.8, 4) is 0 Å². The summed E-state index contributed by atoms with van der Waals surface area (Å²) in [6.07, 6.45) is 2.11. The summed E-state index contributed by atoms with van der Waals surface area (Å²) in [7, 11) is 0. The standard InChI is InChI=1S/C16H15BrN2O2/c17-15-7-6-14(19(20)21)10-16(15)18-13-8-12(9-13)11-4-2-1-3-5-11/h1-7,10,12-13,18H,8-9H2. The van der Waals surface area contributed by atoms with E-state index in [9.17, 15) is 10.1 Å². The molecule has 1 aliphatic rings. The van der Waals surface area contributed by atoms with Crippen molar-refractivity contribution in [1.29, 1.82) is 0 Å². The number of nitro benzene ring substituents is 1. The van der Waals surface area contributed by atoms with Crippen molar-refractivity contribution in [2.75, 3.05) is 5.32 Å². The third kappa shape index (κ3) is 3.08. The van der Waals surface area contributed by atoms with E-state index in [1.54, 1.807) is 12.1 Å². The summed E-state index contributed by atoms with van der Waals surface area (Å²) in [5, 5.41) is 14.2. The average molecular weight is 347 g/mol. The van der Waals surface area contributed by atoms with E-state index in [1.165, 1.54) is 11.6 Å². The highest BCUT2D eigenvalue weighted by molar-refractivity contribution is 9.10. The predicted molar refractivity (Wildman–Crippen MR) is 86.6 cm³/mol. The zero-order valence-corrected chi connectivity index (χ0v) is 12.9. The number of non-ortho nitro benzene ring substituents is 1. The second kappa shape index (κ2) is 5.85. The molecule has 0 bridgehead atoms. The van der Waals surface area contributed by atoms with Gasteiger partial charge < -0.3 is 5.32 Å². The Hall–Kier alpha value is -1.88. The molecule has 1 saturated carbocycles. The molecule has 4 nitrogen and oxygen atoms in total. The SMILES string of the molecule is O=[N+]([O-])c1ccc(Br)c(NC2CC(c3ccccc3)C2)c1. The zero-order chi connectivity index (χ0) is 14.8. The van der Waals surface area contributed by atoms with Gasteiger partial charge in [-0.3, -0.25) is 10.1 Å². The van der Waals surface area contributed by atoms with Gasteiger partial charge in [-0.15, -0.1) is 0 Å². The predicted octanol–water partition coefficient (Wildman–Crippen LogP) is 4.72. The minimum absolute atomic E-state index is 0.111. The minimum Gasteiger partial charge on any atom is -0.381 e. The van der Waals surface area contributed by atoms with E-state index < -0.39 is 0 Å².